The molecule has 0 saturated heterocycles. The summed E-state index contributed by atoms with van der Waals surface area (Å²) in [5.74, 6) is 0.847. The molecule has 1 atom stereocenters. The van der Waals surface area contributed by atoms with E-state index in [4.69, 9.17) is 0 Å². The van der Waals surface area contributed by atoms with Gasteiger partial charge in [0.15, 0.2) is 0 Å². The first-order chi connectivity index (χ1) is 5.95. The quantitative estimate of drug-likeness (QED) is 0.624. The SMILES string of the molecule is C1CC2=C(CN1)N=NC2C1CC1. The highest BCUT2D eigenvalue weighted by molar-refractivity contribution is 5.28. The minimum absolute atomic E-state index is 0.488. The van der Waals surface area contributed by atoms with E-state index in [0.29, 0.717) is 6.04 Å². The molecule has 0 amide bonds. The summed E-state index contributed by atoms with van der Waals surface area (Å²) < 4.78 is 0. The van der Waals surface area contributed by atoms with Crippen molar-refractivity contribution in [1.82, 2.24) is 5.32 Å². The third-order valence-corrected chi connectivity index (χ3v) is 2.96. The van der Waals surface area contributed by atoms with Crippen molar-refractivity contribution >= 4 is 0 Å². The van der Waals surface area contributed by atoms with E-state index in [2.05, 4.69) is 15.5 Å². The first kappa shape index (κ1) is 6.78. The Kier molecular flexibility index (Phi) is 1.35. The van der Waals surface area contributed by atoms with Crippen molar-refractivity contribution in [1.29, 1.82) is 0 Å². The molecule has 64 valence electrons. The van der Waals surface area contributed by atoms with Crippen LogP contribution in [0.4, 0.5) is 0 Å². The third kappa shape index (κ3) is 0.926. The first-order valence-corrected chi connectivity index (χ1v) is 4.78. The Morgan fingerprint density at radius 2 is 2.25 bits per heavy atom. The van der Waals surface area contributed by atoms with Crippen LogP contribution >= 0.6 is 0 Å². The normalized spacial score (nSPS) is 34.2. The number of rotatable bonds is 1. The summed E-state index contributed by atoms with van der Waals surface area (Å²) in [4.78, 5) is 0. The molecule has 0 radical (unpaired) electrons. The van der Waals surface area contributed by atoms with Gasteiger partial charge in [-0.15, -0.1) is 0 Å². The molecular weight excluding hydrogens is 150 g/mol. The van der Waals surface area contributed by atoms with E-state index < -0.39 is 0 Å². The zero-order chi connectivity index (χ0) is 7.97. The summed E-state index contributed by atoms with van der Waals surface area (Å²) in [6.45, 7) is 2.06. The van der Waals surface area contributed by atoms with E-state index >= 15 is 0 Å². The molecule has 3 heteroatoms. The van der Waals surface area contributed by atoms with Gasteiger partial charge in [0, 0.05) is 6.54 Å². The Hall–Kier alpha value is -0.700. The highest BCUT2D eigenvalue weighted by Crippen LogP contribution is 2.42. The van der Waals surface area contributed by atoms with Crippen LogP contribution in [0, 0.1) is 5.92 Å². The summed E-state index contributed by atoms with van der Waals surface area (Å²) in [6, 6.07) is 0.488. The van der Waals surface area contributed by atoms with Crippen LogP contribution in [0.1, 0.15) is 19.3 Å². The molecule has 3 aliphatic rings. The molecule has 1 saturated carbocycles. The highest BCUT2D eigenvalue weighted by atomic mass is 15.2. The Morgan fingerprint density at radius 1 is 1.33 bits per heavy atom. The molecule has 1 aliphatic carbocycles. The predicted octanol–water partition coefficient (Wildman–Crippen LogP) is 1.48. The molecule has 1 unspecified atom stereocenters. The van der Waals surface area contributed by atoms with E-state index in [1.807, 2.05) is 0 Å². The van der Waals surface area contributed by atoms with Crippen molar-refractivity contribution < 1.29 is 0 Å². The monoisotopic (exact) mass is 163 g/mol. The molecule has 1 fully saturated rings. The molecule has 1 N–H and O–H groups in total. The van der Waals surface area contributed by atoms with Gasteiger partial charge in [0.05, 0.1) is 11.7 Å². The van der Waals surface area contributed by atoms with Gasteiger partial charge < -0.3 is 5.32 Å². The van der Waals surface area contributed by atoms with Gasteiger partial charge in [-0.1, -0.05) is 0 Å². The van der Waals surface area contributed by atoms with Crippen LogP contribution in [0.5, 0.6) is 0 Å². The Labute approximate surface area is 71.9 Å². The van der Waals surface area contributed by atoms with E-state index in [0.717, 1.165) is 19.0 Å². The van der Waals surface area contributed by atoms with Crippen molar-refractivity contribution in [2.24, 2.45) is 16.1 Å². The van der Waals surface area contributed by atoms with Gasteiger partial charge in [0.2, 0.25) is 0 Å². The number of hydrogen-bond donors (Lipinski definition) is 1. The van der Waals surface area contributed by atoms with Gasteiger partial charge in [-0.2, -0.15) is 10.2 Å². The van der Waals surface area contributed by atoms with Crippen LogP contribution in [0.15, 0.2) is 21.5 Å². The van der Waals surface area contributed by atoms with Gasteiger partial charge in [-0.05, 0) is 37.3 Å². The molecule has 3 nitrogen and oxygen atoms in total. The van der Waals surface area contributed by atoms with Gasteiger partial charge in [-0.25, -0.2) is 0 Å². The lowest BCUT2D eigenvalue weighted by molar-refractivity contribution is 0.610. The number of nitrogens with zero attached hydrogens (tertiary/aromatic N) is 2. The van der Waals surface area contributed by atoms with E-state index in [1.165, 1.54) is 30.5 Å². The third-order valence-electron chi connectivity index (χ3n) is 2.96. The Balaban J connectivity index is 1.89. The van der Waals surface area contributed by atoms with E-state index in [9.17, 15) is 0 Å². The van der Waals surface area contributed by atoms with Crippen molar-refractivity contribution in [2.75, 3.05) is 13.1 Å². The number of hydrogen-bond acceptors (Lipinski definition) is 3. The Morgan fingerprint density at radius 3 is 3.08 bits per heavy atom. The largest absolute Gasteiger partial charge is 0.311 e. The summed E-state index contributed by atoms with van der Waals surface area (Å²) >= 11 is 0. The average molecular weight is 163 g/mol. The topological polar surface area (TPSA) is 36.8 Å². The highest BCUT2D eigenvalue weighted by Gasteiger charge is 2.38. The molecule has 0 aromatic rings. The van der Waals surface area contributed by atoms with Crippen molar-refractivity contribution in [2.45, 2.75) is 25.3 Å². The molecule has 0 aromatic heterocycles. The fourth-order valence-corrected chi connectivity index (χ4v) is 2.10. The van der Waals surface area contributed by atoms with Crippen LogP contribution in [-0.2, 0) is 0 Å². The second kappa shape index (κ2) is 2.39. The second-order valence-corrected chi connectivity index (χ2v) is 3.90. The minimum atomic E-state index is 0.488. The molecule has 0 aromatic carbocycles. The maximum atomic E-state index is 4.35. The molecule has 0 bridgehead atoms. The first-order valence-electron chi connectivity index (χ1n) is 4.78. The lowest BCUT2D eigenvalue weighted by atomic mass is 9.97. The second-order valence-electron chi connectivity index (χ2n) is 3.90. The van der Waals surface area contributed by atoms with Crippen LogP contribution in [0.25, 0.3) is 0 Å². The number of nitrogens with one attached hydrogen (secondary N) is 1. The molecule has 2 heterocycles. The summed E-state index contributed by atoms with van der Waals surface area (Å²) in [7, 11) is 0. The van der Waals surface area contributed by atoms with Gasteiger partial charge in [0.25, 0.3) is 0 Å². The molecule has 2 aliphatic heterocycles. The maximum absolute atomic E-state index is 4.35. The van der Waals surface area contributed by atoms with Crippen LogP contribution in [-0.4, -0.2) is 19.1 Å². The molecule has 12 heavy (non-hydrogen) atoms. The minimum Gasteiger partial charge on any atom is -0.311 e. The summed E-state index contributed by atoms with van der Waals surface area (Å²) in [5.41, 5.74) is 2.77. The van der Waals surface area contributed by atoms with Gasteiger partial charge in [0.1, 0.15) is 0 Å². The zero-order valence-electron chi connectivity index (χ0n) is 7.08. The van der Waals surface area contributed by atoms with Crippen molar-refractivity contribution in [3.05, 3.63) is 11.3 Å². The van der Waals surface area contributed by atoms with Crippen molar-refractivity contribution in [3.63, 3.8) is 0 Å². The van der Waals surface area contributed by atoms with Crippen molar-refractivity contribution in [3.8, 4) is 0 Å². The maximum Gasteiger partial charge on any atom is 0.0972 e. The predicted molar refractivity (Wildman–Crippen MR) is 45.9 cm³/mol. The lowest BCUT2D eigenvalue weighted by Crippen LogP contribution is -2.26. The van der Waals surface area contributed by atoms with Crippen LogP contribution in [0.2, 0.25) is 0 Å². The Bertz CT molecular complexity index is 263. The average Bonchev–Trinajstić information content (AvgIpc) is 2.86. The van der Waals surface area contributed by atoms with E-state index in [1.54, 1.807) is 0 Å². The zero-order valence-corrected chi connectivity index (χ0v) is 7.08. The van der Waals surface area contributed by atoms with Crippen LogP contribution < -0.4 is 5.32 Å². The smallest absolute Gasteiger partial charge is 0.0972 e. The molecular formula is C9H13N3. The standard InChI is InChI=1S/C9H13N3/c1-2-6(1)9-7-3-4-10-5-8(7)11-12-9/h6,9-10H,1-5H2. The fourth-order valence-electron chi connectivity index (χ4n) is 2.10. The van der Waals surface area contributed by atoms with Crippen LogP contribution in [0.3, 0.4) is 0 Å². The van der Waals surface area contributed by atoms with Gasteiger partial charge >= 0.3 is 0 Å². The van der Waals surface area contributed by atoms with E-state index in [-0.39, 0.29) is 0 Å². The lowest BCUT2D eigenvalue weighted by Gasteiger charge is -2.16. The summed E-state index contributed by atoms with van der Waals surface area (Å²) in [6.07, 6.45) is 3.91. The molecule has 3 rings (SSSR count). The fraction of sp³-hybridized carbons (Fsp3) is 0.778. The van der Waals surface area contributed by atoms with Gasteiger partial charge in [-0.3, -0.25) is 0 Å². The number of azo groups is 1. The molecule has 0 spiro atoms. The summed E-state index contributed by atoms with van der Waals surface area (Å²) in [5, 5.41) is 11.9.